The third-order valence-corrected chi connectivity index (χ3v) is 7.51. The third-order valence-electron chi connectivity index (χ3n) is 6.47. The van der Waals surface area contributed by atoms with Crippen molar-refractivity contribution >= 4 is 50.1 Å². The Morgan fingerprint density at radius 2 is 1.91 bits per heavy atom. The molecule has 0 saturated carbocycles. The molecular formula is C31H31Br2FN4O7. The maximum absolute atomic E-state index is 14.1. The number of amides is 2. The zero-order chi connectivity index (χ0) is 32.5. The van der Waals surface area contributed by atoms with Gasteiger partial charge >= 0.3 is 12.0 Å². The Morgan fingerprint density at radius 1 is 1.13 bits per heavy atom. The number of carbonyl (C=O) groups is 2. The molecule has 0 saturated heterocycles. The summed E-state index contributed by atoms with van der Waals surface area (Å²) in [6.07, 6.45) is 0.242. The third kappa shape index (κ3) is 8.74. The van der Waals surface area contributed by atoms with E-state index < -0.39 is 24.3 Å². The smallest absolute Gasteiger partial charge is 0.337 e. The zero-order valence-electron chi connectivity index (χ0n) is 24.5. The Balaban J connectivity index is 1.43. The normalized spacial score (nSPS) is 15.3. The Bertz CT molecular complexity index is 1620. The number of urea groups is 1. The Morgan fingerprint density at radius 3 is 2.64 bits per heavy atom. The summed E-state index contributed by atoms with van der Waals surface area (Å²) in [4.78, 5) is 24.6. The molecule has 3 aromatic carbocycles. The number of nitrogens with one attached hydrogen (secondary N) is 3. The van der Waals surface area contributed by atoms with Crippen molar-refractivity contribution < 1.29 is 38.0 Å². The van der Waals surface area contributed by atoms with Crippen molar-refractivity contribution in [1.29, 1.82) is 0 Å². The molecule has 1 aliphatic rings. The molecule has 0 aliphatic carbocycles. The van der Waals surface area contributed by atoms with E-state index in [0.717, 1.165) is 4.47 Å². The number of nitrogens with zero attached hydrogens (tertiary/aromatic N) is 1. The fraction of sp³-hybridized carbons (Fsp3) is 0.258. The Hall–Kier alpha value is -4.14. The minimum atomic E-state index is -1.21. The summed E-state index contributed by atoms with van der Waals surface area (Å²) in [5.74, 6) is 0.145. The van der Waals surface area contributed by atoms with Gasteiger partial charge in [-0.2, -0.15) is 5.10 Å². The summed E-state index contributed by atoms with van der Waals surface area (Å²) >= 11 is 6.91. The number of carbonyl (C=O) groups excluding carboxylic acids is 2. The quantitative estimate of drug-likeness (QED) is 0.0784. The summed E-state index contributed by atoms with van der Waals surface area (Å²) in [5, 5.41) is 20.0. The van der Waals surface area contributed by atoms with E-state index in [-0.39, 0.29) is 24.6 Å². The lowest BCUT2D eigenvalue weighted by molar-refractivity contribution is -0.136. The molecule has 0 aromatic heterocycles. The summed E-state index contributed by atoms with van der Waals surface area (Å²) in [6.45, 7) is 3.53. The van der Waals surface area contributed by atoms with Gasteiger partial charge in [-0.25, -0.2) is 14.0 Å². The maximum Gasteiger partial charge on any atom is 0.337 e. The van der Waals surface area contributed by atoms with Gasteiger partial charge in [0.1, 0.15) is 24.8 Å². The number of aliphatic hydroxyl groups excluding tert-OH is 1. The number of rotatable bonds is 13. The van der Waals surface area contributed by atoms with E-state index in [4.69, 9.17) is 18.9 Å². The number of hydrogen-bond acceptors (Lipinski definition) is 9. The van der Waals surface area contributed by atoms with Gasteiger partial charge in [0, 0.05) is 21.3 Å². The number of ether oxygens (including phenoxy) is 4. The number of benzene rings is 3. The van der Waals surface area contributed by atoms with Crippen LogP contribution in [0, 0.1) is 5.82 Å². The maximum atomic E-state index is 14.1. The standard InChI is InChI=1S/C31H31Br2FN4O7/c1-4-43-25-12-18(28-27(30(40)42-3)17(2)36-31(41)37-28)9-10-24(25)44-16-26(39)38-35-14-20-11-21(32)13-22(33)29(20)45-15-19-7-5-6-8-23(19)34/h5-14,26,28,38-39H,4,15-16H2,1-3H3,(H2,36,37,41)/b35-14+/t26-,28+/m1/s1. The molecule has 45 heavy (non-hydrogen) atoms. The molecule has 4 N–H and O–H groups in total. The van der Waals surface area contributed by atoms with Crippen LogP contribution in [-0.4, -0.2) is 49.9 Å². The fourth-order valence-electron chi connectivity index (χ4n) is 4.41. The molecule has 1 aliphatic heterocycles. The van der Waals surface area contributed by atoms with Gasteiger partial charge in [-0.3, -0.25) is 5.43 Å². The van der Waals surface area contributed by atoms with E-state index >= 15 is 0 Å². The first-order valence-electron chi connectivity index (χ1n) is 13.7. The molecule has 0 spiro atoms. The van der Waals surface area contributed by atoms with E-state index in [1.807, 2.05) is 0 Å². The van der Waals surface area contributed by atoms with Crippen LogP contribution in [0.4, 0.5) is 9.18 Å². The molecule has 11 nitrogen and oxygen atoms in total. The minimum absolute atomic E-state index is 0.00248. The molecule has 2 atom stereocenters. The van der Waals surface area contributed by atoms with Gasteiger partial charge in [0.15, 0.2) is 17.7 Å². The molecular weight excluding hydrogens is 719 g/mol. The first-order valence-corrected chi connectivity index (χ1v) is 15.3. The van der Waals surface area contributed by atoms with Crippen molar-refractivity contribution in [2.24, 2.45) is 5.10 Å². The van der Waals surface area contributed by atoms with Crippen molar-refractivity contribution in [3.05, 3.63) is 97.3 Å². The molecule has 2 amide bonds. The average molecular weight is 750 g/mol. The van der Waals surface area contributed by atoms with Gasteiger partial charge in [0.05, 0.1) is 36.0 Å². The fourth-order valence-corrected chi connectivity index (χ4v) is 5.78. The van der Waals surface area contributed by atoms with Crippen LogP contribution in [0.25, 0.3) is 0 Å². The van der Waals surface area contributed by atoms with Crippen LogP contribution in [-0.2, 0) is 16.1 Å². The summed E-state index contributed by atoms with van der Waals surface area (Å²) < 4.78 is 37.8. The topological polar surface area (TPSA) is 140 Å². The number of halogens is 3. The number of aliphatic hydroxyl groups is 1. The number of hydrazone groups is 1. The molecule has 4 rings (SSSR count). The lowest BCUT2D eigenvalue weighted by Gasteiger charge is -2.28. The summed E-state index contributed by atoms with van der Waals surface area (Å²) in [5.41, 5.74) is 4.76. The van der Waals surface area contributed by atoms with Gasteiger partial charge in [-0.05, 0) is 65.7 Å². The second kappa shape index (κ2) is 15.7. The van der Waals surface area contributed by atoms with Crippen molar-refractivity contribution in [3.63, 3.8) is 0 Å². The SMILES string of the molecule is CCOc1cc([C@@H]2NC(=O)NC(C)=C2C(=O)OC)ccc1OC[C@@H](O)N/N=C/c1cc(Br)cc(Br)c1OCc1ccccc1F. The number of hydrogen-bond donors (Lipinski definition) is 4. The molecule has 238 valence electrons. The molecule has 1 heterocycles. The Kier molecular flexibility index (Phi) is 11.8. The van der Waals surface area contributed by atoms with E-state index in [9.17, 15) is 19.1 Å². The average Bonchev–Trinajstić information content (AvgIpc) is 3.00. The van der Waals surface area contributed by atoms with Crippen LogP contribution in [0.1, 0.15) is 36.6 Å². The van der Waals surface area contributed by atoms with Crippen LogP contribution in [0.2, 0.25) is 0 Å². The van der Waals surface area contributed by atoms with Gasteiger partial charge in [-0.1, -0.05) is 40.2 Å². The van der Waals surface area contributed by atoms with Gasteiger partial charge in [0.25, 0.3) is 0 Å². The summed E-state index contributed by atoms with van der Waals surface area (Å²) in [7, 11) is 1.26. The highest BCUT2D eigenvalue weighted by Crippen LogP contribution is 2.35. The largest absolute Gasteiger partial charge is 0.490 e. The molecule has 14 heteroatoms. The van der Waals surface area contributed by atoms with Crippen LogP contribution in [0.3, 0.4) is 0 Å². The monoisotopic (exact) mass is 748 g/mol. The Labute approximate surface area is 276 Å². The van der Waals surface area contributed by atoms with Crippen LogP contribution < -0.4 is 30.3 Å². The van der Waals surface area contributed by atoms with Crippen molar-refractivity contribution in [1.82, 2.24) is 16.1 Å². The lowest BCUT2D eigenvalue weighted by Crippen LogP contribution is -2.45. The van der Waals surface area contributed by atoms with Crippen LogP contribution >= 0.6 is 31.9 Å². The highest BCUT2D eigenvalue weighted by molar-refractivity contribution is 9.11. The van der Waals surface area contributed by atoms with Gasteiger partial charge in [-0.15, -0.1) is 0 Å². The van der Waals surface area contributed by atoms with E-state index in [1.165, 1.54) is 19.4 Å². The summed E-state index contributed by atoms with van der Waals surface area (Å²) in [6, 6.07) is 13.6. The second-order valence-electron chi connectivity index (χ2n) is 9.60. The highest BCUT2D eigenvalue weighted by atomic mass is 79.9. The molecule has 3 aromatic rings. The van der Waals surface area contributed by atoms with Crippen molar-refractivity contribution in [2.75, 3.05) is 20.3 Å². The van der Waals surface area contributed by atoms with Crippen molar-refractivity contribution in [2.45, 2.75) is 32.7 Å². The molecule has 0 unspecified atom stereocenters. The number of allylic oxidation sites excluding steroid dienone is 1. The molecule has 0 radical (unpaired) electrons. The van der Waals surface area contributed by atoms with E-state index in [1.54, 1.807) is 62.4 Å². The first-order chi connectivity index (χ1) is 21.6. The van der Waals surface area contributed by atoms with Gasteiger partial charge < -0.3 is 34.7 Å². The van der Waals surface area contributed by atoms with Crippen LogP contribution in [0.15, 0.2) is 79.9 Å². The number of esters is 1. The minimum Gasteiger partial charge on any atom is -0.490 e. The lowest BCUT2D eigenvalue weighted by atomic mass is 9.95. The highest BCUT2D eigenvalue weighted by Gasteiger charge is 2.32. The van der Waals surface area contributed by atoms with Crippen LogP contribution in [0.5, 0.6) is 17.2 Å². The predicted molar refractivity (Wildman–Crippen MR) is 172 cm³/mol. The van der Waals surface area contributed by atoms with E-state index in [0.29, 0.717) is 50.7 Å². The molecule has 0 fully saturated rings. The number of methoxy groups -OCH3 is 1. The van der Waals surface area contributed by atoms with Gasteiger partial charge in [0.2, 0.25) is 0 Å². The van der Waals surface area contributed by atoms with E-state index in [2.05, 4.69) is 53.0 Å². The predicted octanol–water partition coefficient (Wildman–Crippen LogP) is 5.45. The second-order valence-corrected chi connectivity index (χ2v) is 11.4. The first kappa shape index (κ1) is 33.7. The zero-order valence-corrected chi connectivity index (χ0v) is 27.7. The molecule has 0 bridgehead atoms. The van der Waals surface area contributed by atoms with Crippen molar-refractivity contribution in [3.8, 4) is 17.2 Å².